The Kier molecular flexibility index (Phi) is 4.68. The van der Waals surface area contributed by atoms with Gasteiger partial charge in [-0.05, 0) is 42.8 Å². The Morgan fingerprint density at radius 1 is 1.24 bits per heavy atom. The van der Waals surface area contributed by atoms with Crippen molar-refractivity contribution in [2.75, 3.05) is 0 Å². The second-order valence-electron chi connectivity index (χ2n) is 4.73. The highest BCUT2D eigenvalue weighted by Crippen LogP contribution is 2.17. The van der Waals surface area contributed by atoms with E-state index in [1.165, 1.54) is 25.1 Å². The van der Waals surface area contributed by atoms with Crippen LogP contribution in [0.15, 0.2) is 42.5 Å². The summed E-state index contributed by atoms with van der Waals surface area (Å²) in [6, 6.07) is 13.2. The summed E-state index contributed by atoms with van der Waals surface area (Å²) in [5.41, 5.74) is 1.64. The average molecular weight is 283 g/mol. The van der Waals surface area contributed by atoms with Crippen molar-refractivity contribution in [3.8, 4) is 11.8 Å². The van der Waals surface area contributed by atoms with E-state index in [1.54, 1.807) is 24.3 Å². The molecule has 0 unspecified atom stereocenters. The molecule has 21 heavy (non-hydrogen) atoms. The molecule has 3 nitrogen and oxygen atoms in total. The number of hydrogen-bond acceptors (Lipinski definition) is 3. The fraction of sp³-hybridized carbons (Fsp3) is 0.176. The van der Waals surface area contributed by atoms with Crippen LogP contribution in [-0.2, 0) is 17.8 Å². The first kappa shape index (κ1) is 14.7. The molecule has 0 spiro atoms. The second kappa shape index (κ2) is 6.67. The summed E-state index contributed by atoms with van der Waals surface area (Å²) in [5.74, 6) is 0.283. The first-order valence-corrected chi connectivity index (χ1v) is 6.48. The molecule has 0 radical (unpaired) electrons. The maximum Gasteiger partial charge on any atom is 0.134 e. The van der Waals surface area contributed by atoms with E-state index < -0.39 is 5.82 Å². The summed E-state index contributed by atoms with van der Waals surface area (Å²) in [5, 5.41) is 8.80. The number of Topliss-reactive ketones (excluding diaryl/α,β-unsaturated/α-hetero) is 1. The van der Waals surface area contributed by atoms with E-state index in [0.29, 0.717) is 23.3 Å². The van der Waals surface area contributed by atoms with Crippen LogP contribution in [0.1, 0.15) is 23.6 Å². The molecule has 0 aliphatic carbocycles. The van der Waals surface area contributed by atoms with Crippen LogP contribution in [0.25, 0.3) is 0 Å². The van der Waals surface area contributed by atoms with Crippen LogP contribution in [-0.4, -0.2) is 5.78 Å². The van der Waals surface area contributed by atoms with Crippen molar-refractivity contribution in [2.24, 2.45) is 0 Å². The van der Waals surface area contributed by atoms with Gasteiger partial charge < -0.3 is 4.74 Å². The predicted molar refractivity (Wildman–Crippen MR) is 76.3 cm³/mol. The van der Waals surface area contributed by atoms with Gasteiger partial charge >= 0.3 is 0 Å². The smallest absolute Gasteiger partial charge is 0.134 e. The van der Waals surface area contributed by atoms with Crippen LogP contribution in [0.4, 0.5) is 4.39 Å². The summed E-state index contributed by atoms with van der Waals surface area (Å²) in [6.07, 6.45) is 0.388. The normalized spacial score (nSPS) is 9.95. The molecule has 106 valence electrons. The average Bonchev–Trinajstić information content (AvgIpc) is 2.47. The van der Waals surface area contributed by atoms with Crippen molar-refractivity contribution in [3.63, 3.8) is 0 Å². The zero-order valence-electron chi connectivity index (χ0n) is 11.6. The third kappa shape index (κ3) is 4.15. The first-order chi connectivity index (χ1) is 10.1. The molecule has 0 fully saturated rings. The third-order valence-electron chi connectivity index (χ3n) is 2.95. The van der Waals surface area contributed by atoms with Crippen molar-refractivity contribution in [1.29, 1.82) is 5.26 Å². The quantitative estimate of drug-likeness (QED) is 0.845. The lowest BCUT2D eigenvalue weighted by Crippen LogP contribution is -2.00. The number of ether oxygens (including phenoxy) is 1. The van der Waals surface area contributed by atoms with Crippen LogP contribution >= 0.6 is 0 Å². The minimum atomic E-state index is -0.401. The van der Waals surface area contributed by atoms with Crippen molar-refractivity contribution in [3.05, 3.63) is 65.0 Å². The molecule has 4 heteroatoms. The summed E-state index contributed by atoms with van der Waals surface area (Å²) in [4.78, 5) is 11.0. The number of nitrogens with zero attached hydrogens (tertiary/aromatic N) is 1. The first-order valence-electron chi connectivity index (χ1n) is 6.48. The molecule has 0 aromatic heterocycles. The van der Waals surface area contributed by atoms with Crippen LogP contribution in [0, 0.1) is 17.1 Å². The van der Waals surface area contributed by atoms with E-state index in [0.717, 1.165) is 5.56 Å². The van der Waals surface area contributed by atoms with Crippen LogP contribution in [0.2, 0.25) is 0 Å². The van der Waals surface area contributed by atoms with Crippen molar-refractivity contribution < 1.29 is 13.9 Å². The number of halogens is 1. The Labute approximate surface area is 122 Å². The molecule has 0 bridgehead atoms. The molecule has 2 aromatic rings. The van der Waals surface area contributed by atoms with Crippen LogP contribution in [0.5, 0.6) is 5.75 Å². The second-order valence-corrected chi connectivity index (χ2v) is 4.73. The van der Waals surface area contributed by atoms with Gasteiger partial charge in [0.25, 0.3) is 0 Å². The van der Waals surface area contributed by atoms with Crippen LogP contribution < -0.4 is 4.74 Å². The number of carbonyl (C=O) groups excluding carboxylic acids is 1. The van der Waals surface area contributed by atoms with E-state index >= 15 is 0 Å². The molecule has 0 amide bonds. The van der Waals surface area contributed by atoms with Gasteiger partial charge in [0.15, 0.2) is 0 Å². The highest BCUT2D eigenvalue weighted by atomic mass is 19.1. The maximum atomic E-state index is 13.6. The lowest BCUT2D eigenvalue weighted by atomic mass is 10.1. The topological polar surface area (TPSA) is 50.1 Å². The minimum absolute atomic E-state index is 0.0490. The number of carbonyl (C=O) groups is 1. The van der Waals surface area contributed by atoms with Gasteiger partial charge in [-0.3, -0.25) is 4.79 Å². The fourth-order valence-electron chi connectivity index (χ4n) is 1.91. The Morgan fingerprint density at radius 3 is 2.57 bits per heavy atom. The third-order valence-corrected chi connectivity index (χ3v) is 2.95. The lowest BCUT2D eigenvalue weighted by molar-refractivity contribution is -0.116. The van der Waals surface area contributed by atoms with E-state index in [-0.39, 0.29) is 12.4 Å². The van der Waals surface area contributed by atoms with E-state index in [2.05, 4.69) is 0 Å². The van der Waals surface area contributed by atoms with Crippen LogP contribution in [0.3, 0.4) is 0 Å². The molecule has 0 aliphatic rings. The van der Waals surface area contributed by atoms with Gasteiger partial charge in [0.2, 0.25) is 0 Å². The SMILES string of the molecule is CC(=O)Cc1ccc(OCc2cc(C#N)ccc2F)cc1. The standard InChI is InChI=1S/C17H14FNO2/c1-12(20)8-13-2-5-16(6-3-13)21-11-15-9-14(10-19)4-7-17(15)18/h2-7,9H,8,11H2,1H3. The Hall–Kier alpha value is -2.67. The maximum absolute atomic E-state index is 13.6. The molecule has 0 saturated heterocycles. The molecule has 0 heterocycles. The largest absolute Gasteiger partial charge is 0.489 e. The number of hydrogen-bond donors (Lipinski definition) is 0. The zero-order chi connectivity index (χ0) is 15.2. The summed E-state index contributed by atoms with van der Waals surface area (Å²) < 4.78 is 19.1. The molecule has 0 saturated carbocycles. The lowest BCUT2D eigenvalue weighted by Gasteiger charge is -2.08. The van der Waals surface area contributed by atoms with Crippen molar-refractivity contribution >= 4 is 5.78 Å². The minimum Gasteiger partial charge on any atom is -0.489 e. The Morgan fingerprint density at radius 2 is 1.95 bits per heavy atom. The summed E-state index contributed by atoms with van der Waals surface area (Å²) in [6.45, 7) is 1.59. The summed E-state index contributed by atoms with van der Waals surface area (Å²) in [7, 11) is 0. The highest BCUT2D eigenvalue weighted by molar-refractivity contribution is 5.78. The predicted octanol–water partition coefficient (Wildman–Crippen LogP) is 3.41. The van der Waals surface area contributed by atoms with Gasteiger partial charge in [-0.2, -0.15) is 5.26 Å². The number of rotatable bonds is 5. The molecule has 2 aromatic carbocycles. The molecule has 0 N–H and O–H groups in total. The number of benzene rings is 2. The van der Waals surface area contributed by atoms with Gasteiger partial charge in [0.05, 0.1) is 11.6 Å². The number of ketones is 1. The Bertz CT molecular complexity index is 687. The molecule has 0 aliphatic heterocycles. The van der Waals surface area contributed by atoms with E-state index in [9.17, 15) is 9.18 Å². The van der Waals surface area contributed by atoms with E-state index in [1.807, 2.05) is 6.07 Å². The summed E-state index contributed by atoms with van der Waals surface area (Å²) >= 11 is 0. The number of nitriles is 1. The molecular weight excluding hydrogens is 269 g/mol. The van der Waals surface area contributed by atoms with Crippen molar-refractivity contribution in [1.82, 2.24) is 0 Å². The zero-order valence-corrected chi connectivity index (χ0v) is 11.6. The van der Waals surface area contributed by atoms with Gasteiger partial charge in [0.1, 0.15) is 24.0 Å². The van der Waals surface area contributed by atoms with Gasteiger partial charge in [-0.1, -0.05) is 12.1 Å². The van der Waals surface area contributed by atoms with Crippen molar-refractivity contribution in [2.45, 2.75) is 20.0 Å². The molecule has 2 rings (SSSR count). The molecule has 0 atom stereocenters. The van der Waals surface area contributed by atoms with E-state index in [4.69, 9.17) is 10.00 Å². The Balaban J connectivity index is 2.03. The highest BCUT2D eigenvalue weighted by Gasteiger charge is 2.05. The van der Waals surface area contributed by atoms with Gasteiger partial charge in [-0.25, -0.2) is 4.39 Å². The monoisotopic (exact) mass is 283 g/mol. The van der Waals surface area contributed by atoms with Gasteiger partial charge in [-0.15, -0.1) is 0 Å². The fourth-order valence-corrected chi connectivity index (χ4v) is 1.91. The molecular formula is C17H14FNO2. The van der Waals surface area contributed by atoms with Gasteiger partial charge in [0, 0.05) is 12.0 Å².